The van der Waals surface area contributed by atoms with E-state index in [1.165, 1.54) is 6.07 Å². The summed E-state index contributed by atoms with van der Waals surface area (Å²) in [4.78, 5) is 2.32. The van der Waals surface area contributed by atoms with Crippen molar-refractivity contribution in [1.29, 1.82) is 0 Å². The van der Waals surface area contributed by atoms with Gasteiger partial charge in [0, 0.05) is 0 Å². The van der Waals surface area contributed by atoms with Crippen molar-refractivity contribution in [1.82, 2.24) is 0 Å². The SMILES string of the molecule is [N-]=[N+]=C(C1(S(=O)[O-])CCCC1)S(=O)(=O)c1cccc(F)c1. The molecule has 1 unspecified atom stereocenters. The highest BCUT2D eigenvalue weighted by Gasteiger charge is 2.53. The molecule has 1 saturated carbocycles. The molecule has 6 nitrogen and oxygen atoms in total. The van der Waals surface area contributed by atoms with Gasteiger partial charge in [0.15, 0.2) is 0 Å². The van der Waals surface area contributed by atoms with Crippen molar-refractivity contribution in [3.05, 3.63) is 35.6 Å². The normalized spacial score (nSPS) is 19.0. The van der Waals surface area contributed by atoms with E-state index in [2.05, 4.69) is 4.79 Å². The Kier molecular flexibility index (Phi) is 4.38. The smallest absolute Gasteiger partial charge is 0.403 e. The standard InChI is InChI=1S/C12H13FN2O4S2/c13-9-4-3-5-10(8-9)21(18,19)11(15-14)12(20(16)17)6-1-2-7-12/h3-5,8H,1-2,6-7H2,(H,16,17)/p-1. The van der Waals surface area contributed by atoms with E-state index in [1.807, 2.05) is 0 Å². The molecule has 0 bridgehead atoms. The third-order valence-electron chi connectivity index (χ3n) is 3.57. The maximum atomic E-state index is 13.2. The highest BCUT2D eigenvalue weighted by Crippen LogP contribution is 2.38. The minimum absolute atomic E-state index is 0.0526. The topological polar surface area (TPSA) is 111 Å². The lowest BCUT2D eigenvalue weighted by Crippen LogP contribution is -2.45. The molecule has 1 aliphatic carbocycles. The van der Waals surface area contributed by atoms with E-state index in [-0.39, 0.29) is 12.8 Å². The summed E-state index contributed by atoms with van der Waals surface area (Å²) in [6, 6.07) is 4.13. The molecule has 2 rings (SSSR count). The molecule has 0 N–H and O–H groups in total. The predicted octanol–water partition coefficient (Wildman–Crippen LogP) is 1.42. The first-order chi connectivity index (χ1) is 9.84. The van der Waals surface area contributed by atoms with Crippen LogP contribution in [0, 0.1) is 5.82 Å². The number of hydrogen-bond donors (Lipinski definition) is 0. The first-order valence-corrected chi connectivity index (χ1v) is 8.73. The van der Waals surface area contributed by atoms with Gasteiger partial charge in [0.25, 0.3) is 9.84 Å². The second kappa shape index (κ2) is 5.76. The molecule has 1 aromatic rings. The third kappa shape index (κ3) is 2.69. The van der Waals surface area contributed by atoms with Crippen molar-refractivity contribution >= 4 is 26.0 Å². The zero-order chi connectivity index (χ0) is 15.7. The third-order valence-corrected chi connectivity index (χ3v) is 6.80. The largest absolute Gasteiger partial charge is 0.771 e. The number of hydrogen-bond acceptors (Lipinski definition) is 4. The Morgan fingerprint density at radius 2 is 2.00 bits per heavy atom. The quantitative estimate of drug-likeness (QED) is 0.274. The molecular weight excluding hydrogens is 319 g/mol. The Bertz CT molecular complexity index is 735. The molecule has 21 heavy (non-hydrogen) atoms. The summed E-state index contributed by atoms with van der Waals surface area (Å²) in [6.07, 6.45) is 1.12. The van der Waals surface area contributed by atoms with Crippen LogP contribution in [0.25, 0.3) is 5.53 Å². The number of rotatable bonds is 3. The van der Waals surface area contributed by atoms with E-state index in [0.717, 1.165) is 18.2 Å². The summed E-state index contributed by atoms with van der Waals surface area (Å²) in [6.45, 7) is 0. The first-order valence-electron chi connectivity index (χ1n) is 6.17. The summed E-state index contributed by atoms with van der Waals surface area (Å²) in [5.74, 6) is -0.780. The predicted molar refractivity (Wildman–Crippen MR) is 72.3 cm³/mol. The Morgan fingerprint density at radius 1 is 1.38 bits per heavy atom. The molecule has 1 fully saturated rings. The highest BCUT2D eigenvalue weighted by molar-refractivity contribution is 8.08. The van der Waals surface area contributed by atoms with E-state index in [0.29, 0.717) is 12.8 Å². The molecule has 1 atom stereocenters. The lowest BCUT2D eigenvalue weighted by molar-refractivity contribution is -0.00618. The fourth-order valence-corrected chi connectivity index (χ4v) is 5.42. The van der Waals surface area contributed by atoms with Crippen LogP contribution in [0.4, 0.5) is 4.39 Å². The molecule has 0 spiro atoms. The van der Waals surface area contributed by atoms with Gasteiger partial charge in [-0.1, -0.05) is 18.9 Å². The summed E-state index contributed by atoms with van der Waals surface area (Å²) >= 11 is -2.77. The maximum Gasteiger partial charge on any atom is 0.403 e. The van der Waals surface area contributed by atoms with Crippen molar-refractivity contribution in [2.75, 3.05) is 0 Å². The van der Waals surface area contributed by atoms with E-state index < -0.39 is 41.4 Å². The molecule has 114 valence electrons. The molecule has 0 radical (unpaired) electrons. The molecule has 0 heterocycles. The fourth-order valence-electron chi connectivity index (χ4n) is 2.53. The second-order valence-corrected chi connectivity index (χ2v) is 7.92. The van der Waals surface area contributed by atoms with E-state index in [1.54, 1.807) is 0 Å². The zero-order valence-corrected chi connectivity index (χ0v) is 12.5. The van der Waals surface area contributed by atoms with Gasteiger partial charge in [-0.25, -0.2) is 12.8 Å². The second-order valence-electron chi connectivity index (χ2n) is 4.80. The molecule has 1 aromatic carbocycles. The summed E-state index contributed by atoms with van der Waals surface area (Å²) in [5.41, 5.74) is 9.11. The minimum atomic E-state index is -4.39. The molecular formula is C12H12FN2O4S2-. The van der Waals surface area contributed by atoms with E-state index in [4.69, 9.17) is 5.53 Å². The van der Waals surface area contributed by atoms with Crippen molar-refractivity contribution in [2.24, 2.45) is 0 Å². The van der Waals surface area contributed by atoms with Crippen LogP contribution in [0.2, 0.25) is 0 Å². The van der Waals surface area contributed by atoms with Gasteiger partial charge in [0.1, 0.15) is 10.6 Å². The van der Waals surface area contributed by atoms with Gasteiger partial charge >= 0.3 is 5.04 Å². The van der Waals surface area contributed by atoms with Gasteiger partial charge in [0.2, 0.25) is 0 Å². The van der Waals surface area contributed by atoms with Gasteiger partial charge < -0.3 is 10.1 Å². The molecule has 0 saturated heterocycles. The van der Waals surface area contributed by atoms with Crippen LogP contribution in [-0.4, -0.2) is 31.8 Å². The summed E-state index contributed by atoms with van der Waals surface area (Å²) < 4.78 is 59.5. The van der Waals surface area contributed by atoms with Crippen molar-refractivity contribution in [3.8, 4) is 0 Å². The summed E-state index contributed by atoms with van der Waals surface area (Å²) in [5, 5.41) is -0.841. The molecule has 9 heteroatoms. The monoisotopic (exact) mass is 331 g/mol. The van der Waals surface area contributed by atoms with Gasteiger partial charge in [-0.2, -0.15) is 4.79 Å². The van der Waals surface area contributed by atoms with Crippen LogP contribution in [0.5, 0.6) is 0 Å². The van der Waals surface area contributed by atoms with Crippen molar-refractivity contribution < 1.29 is 26.4 Å². The average Bonchev–Trinajstić information content (AvgIpc) is 2.90. The average molecular weight is 331 g/mol. The van der Waals surface area contributed by atoms with Crippen LogP contribution < -0.4 is 0 Å². The zero-order valence-electron chi connectivity index (χ0n) is 10.9. The number of nitrogens with zero attached hydrogens (tertiary/aromatic N) is 2. The Labute approximate surface area is 123 Å². The van der Waals surface area contributed by atoms with E-state index in [9.17, 15) is 21.6 Å². The Hall–Kier alpha value is -1.41. The summed E-state index contributed by atoms with van der Waals surface area (Å²) in [7, 11) is -4.39. The van der Waals surface area contributed by atoms with Crippen LogP contribution in [0.3, 0.4) is 0 Å². The highest BCUT2D eigenvalue weighted by atomic mass is 32.2. The van der Waals surface area contributed by atoms with Crippen LogP contribution in [0.1, 0.15) is 25.7 Å². The van der Waals surface area contributed by atoms with E-state index >= 15 is 0 Å². The van der Waals surface area contributed by atoms with Gasteiger partial charge in [-0.3, -0.25) is 4.21 Å². The van der Waals surface area contributed by atoms with Crippen LogP contribution >= 0.6 is 0 Å². The Balaban J connectivity index is 2.61. The van der Waals surface area contributed by atoms with Crippen molar-refractivity contribution in [2.45, 2.75) is 35.3 Å². The first kappa shape index (κ1) is 16.0. The molecule has 0 amide bonds. The van der Waals surface area contributed by atoms with Crippen molar-refractivity contribution in [3.63, 3.8) is 0 Å². The number of halogens is 1. The lowest BCUT2D eigenvalue weighted by atomic mass is 10.1. The van der Waals surface area contributed by atoms with Crippen LogP contribution in [-0.2, 0) is 20.9 Å². The lowest BCUT2D eigenvalue weighted by Gasteiger charge is -2.26. The number of benzene rings is 1. The minimum Gasteiger partial charge on any atom is -0.771 e. The maximum absolute atomic E-state index is 13.2. The fraction of sp³-hybridized carbons (Fsp3) is 0.417. The van der Waals surface area contributed by atoms with Gasteiger partial charge in [-0.15, -0.1) is 0 Å². The molecule has 0 aliphatic heterocycles. The number of sulfone groups is 1. The Morgan fingerprint density at radius 3 is 2.48 bits per heavy atom. The van der Waals surface area contributed by atoms with Gasteiger partial charge in [0.05, 0.1) is 4.90 Å². The van der Waals surface area contributed by atoms with Gasteiger partial charge in [-0.05, 0) is 42.1 Å². The molecule has 1 aliphatic rings. The van der Waals surface area contributed by atoms with Crippen LogP contribution in [0.15, 0.2) is 29.2 Å². The molecule has 0 aromatic heterocycles.